The van der Waals surface area contributed by atoms with Gasteiger partial charge in [-0.2, -0.15) is 0 Å². The number of ether oxygens (including phenoxy) is 1. The van der Waals surface area contributed by atoms with E-state index in [-0.39, 0.29) is 17.3 Å². The van der Waals surface area contributed by atoms with Crippen LogP contribution in [0.5, 0.6) is 0 Å². The SMILES string of the molecule is CCn1c(SCC(=O)OC(C)(C)C)nc2scc(-c3cccs3)c2c1=O. The number of aromatic nitrogens is 2. The van der Waals surface area contributed by atoms with Crippen molar-refractivity contribution in [1.82, 2.24) is 9.55 Å². The molecule has 0 N–H and O–H groups in total. The van der Waals surface area contributed by atoms with Gasteiger partial charge in [-0.15, -0.1) is 22.7 Å². The summed E-state index contributed by atoms with van der Waals surface area (Å²) in [4.78, 5) is 31.4. The minimum Gasteiger partial charge on any atom is -0.459 e. The van der Waals surface area contributed by atoms with Crippen molar-refractivity contribution in [2.45, 2.75) is 45.0 Å². The molecule has 0 saturated carbocycles. The molecule has 0 radical (unpaired) electrons. The molecule has 0 aliphatic heterocycles. The molecule has 3 rings (SSSR count). The third-order valence-electron chi connectivity index (χ3n) is 3.50. The monoisotopic (exact) mass is 408 g/mol. The summed E-state index contributed by atoms with van der Waals surface area (Å²) in [6.07, 6.45) is 0. The van der Waals surface area contributed by atoms with Gasteiger partial charge in [-0.25, -0.2) is 4.98 Å². The third kappa shape index (κ3) is 4.02. The van der Waals surface area contributed by atoms with Crippen LogP contribution < -0.4 is 5.56 Å². The fourth-order valence-corrected chi connectivity index (χ4v) is 5.14. The van der Waals surface area contributed by atoms with Crippen molar-refractivity contribution >= 4 is 50.6 Å². The van der Waals surface area contributed by atoms with E-state index in [0.717, 1.165) is 10.4 Å². The number of thioether (sulfide) groups is 1. The molecule has 0 unspecified atom stereocenters. The first-order valence-electron chi connectivity index (χ1n) is 8.20. The zero-order chi connectivity index (χ0) is 18.9. The Morgan fingerprint density at radius 2 is 2.12 bits per heavy atom. The van der Waals surface area contributed by atoms with Gasteiger partial charge in [-0.1, -0.05) is 17.8 Å². The number of nitrogens with zero attached hydrogens (tertiary/aromatic N) is 2. The van der Waals surface area contributed by atoms with E-state index in [9.17, 15) is 9.59 Å². The highest BCUT2D eigenvalue weighted by molar-refractivity contribution is 7.99. The average Bonchev–Trinajstić information content (AvgIpc) is 3.20. The Labute approximate surface area is 164 Å². The Hall–Kier alpha value is -1.64. The number of hydrogen-bond donors (Lipinski definition) is 0. The minimum absolute atomic E-state index is 0.0613. The van der Waals surface area contributed by atoms with Crippen LogP contribution in [0.15, 0.2) is 32.8 Å². The molecule has 0 aliphatic carbocycles. The first-order chi connectivity index (χ1) is 12.3. The number of fused-ring (bicyclic) bond motifs is 1. The molecule has 0 spiro atoms. The average molecular weight is 409 g/mol. The fourth-order valence-electron chi connectivity index (χ4n) is 2.50. The van der Waals surface area contributed by atoms with E-state index in [4.69, 9.17) is 4.74 Å². The largest absolute Gasteiger partial charge is 0.459 e. The standard InChI is InChI=1S/C18H20N2O3S3/c1-5-20-16(22)14-11(12-7-6-8-24-12)9-25-15(14)19-17(20)26-10-13(21)23-18(2,3)4/h6-9H,5,10H2,1-4H3. The van der Waals surface area contributed by atoms with Crippen LogP contribution in [0.4, 0.5) is 0 Å². The molecule has 0 aromatic carbocycles. The number of esters is 1. The van der Waals surface area contributed by atoms with Crippen LogP contribution in [0.25, 0.3) is 20.7 Å². The van der Waals surface area contributed by atoms with Crippen molar-refractivity contribution in [3.8, 4) is 10.4 Å². The molecule has 5 nitrogen and oxygen atoms in total. The van der Waals surface area contributed by atoms with E-state index in [1.165, 1.54) is 23.1 Å². The van der Waals surface area contributed by atoms with Crippen LogP contribution in [0.1, 0.15) is 27.7 Å². The third-order valence-corrected chi connectivity index (χ3v) is 6.23. The first-order valence-corrected chi connectivity index (χ1v) is 10.9. The molecule has 0 aliphatic rings. The van der Waals surface area contributed by atoms with Gasteiger partial charge in [0.05, 0.1) is 11.1 Å². The summed E-state index contributed by atoms with van der Waals surface area (Å²) in [5.74, 6) is -0.191. The highest BCUT2D eigenvalue weighted by Crippen LogP contribution is 2.34. The number of thiophene rings is 2. The molecule has 0 amide bonds. The molecule has 26 heavy (non-hydrogen) atoms. The molecule has 0 bridgehead atoms. The van der Waals surface area contributed by atoms with Crippen LogP contribution >= 0.6 is 34.4 Å². The second-order valence-corrected chi connectivity index (χ2v) is 9.37. The Morgan fingerprint density at radius 3 is 2.73 bits per heavy atom. The summed E-state index contributed by atoms with van der Waals surface area (Å²) >= 11 is 4.31. The predicted octanol–water partition coefficient (Wildman–Crippen LogP) is 4.64. The molecule has 0 fully saturated rings. The van der Waals surface area contributed by atoms with Crippen LogP contribution in [0.3, 0.4) is 0 Å². The molecule has 0 atom stereocenters. The van der Waals surface area contributed by atoms with Crippen LogP contribution in [0.2, 0.25) is 0 Å². The normalized spacial score (nSPS) is 11.8. The molecule has 3 aromatic rings. The molecule has 0 saturated heterocycles. The number of hydrogen-bond acceptors (Lipinski definition) is 7. The van der Waals surface area contributed by atoms with Crippen molar-refractivity contribution in [2.24, 2.45) is 0 Å². The summed E-state index contributed by atoms with van der Waals surface area (Å²) in [6.45, 7) is 7.90. The van der Waals surface area contributed by atoms with Gasteiger partial charge in [0.25, 0.3) is 5.56 Å². The highest BCUT2D eigenvalue weighted by atomic mass is 32.2. The molecular formula is C18H20N2O3S3. The van der Waals surface area contributed by atoms with E-state index in [1.54, 1.807) is 15.9 Å². The second kappa shape index (κ2) is 7.54. The van der Waals surface area contributed by atoms with E-state index >= 15 is 0 Å². The molecule has 3 heterocycles. The van der Waals surface area contributed by atoms with Crippen molar-refractivity contribution in [1.29, 1.82) is 0 Å². The zero-order valence-electron chi connectivity index (χ0n) is 15.1. The molecule has 3 aromatic heterocycles. The van der Waals surface area contributed by atoms with Gasteiger partial charge in [0.1, 0.15) is 10.4 Å². The maximum Gasteiger partial charge on any atom is 0.316 e. The number of rotatable bonds is 5. The lowest BCUT2D eigenvalue weighted by atomic mass is 10.2. The van der Waals surface area contributed by atoms with E-state index < -0.39 is 5.60 Å². The topological polar surface area (TPSA) is 61.2 Å². The lowest BCUT2D eigenvalue weighted by Crippen LogP contribution is -2.26. The van der Waals surface area contributed by atoms with E-state index in [1.807, 2.05) is 50.6 Å². The quantitative estimate of drug-likeness (QED) is 0.350. The Kier molecular flexibility index (Phi) is 5.55. The van der Waals surface area contributed by atoms with E-state index in [0.29, 0.717) is 21.9 Å². The van der Waals surface area contributed by atoms with Crippen LogP contribution in [-0.4, -0.2) is 26.9 Å². The van der Waals surface area contributed by atoms with Gasteiger partial charge < -0.3 is 4.74 Å². The predicted molar refractivity (Wildman–Crippen MR) is 109 cm³/mol. The van der Waals surface area contributed by atoms with Crippen LogP contribution in [-0.2, 0) is 16.1 Å². The molecule has 8 heteroatoms. The van der Waals surface area contributed by atoms with Crippen LogP contribution in [0, 0.1) is 0 Å². The van der Waals surface area contributed by atoms with Gasteiger partial charge in [-0.3, -0.25) is 14.2 Å². The summed E-state index contributed by atoms with van der Waals surface area (Å²) < 4.78 is 6.96. The summed E-state index contributed by atoms with van der Waals surface area (Å²) in [5, 5.41) is 5.18. The maximum atomic E-state index is 13.0. The van der Waals surface area contributed by atoms with Crippen molar-refractivity contribution in [2.75, 3.05) is 5.75 Å². The number of carbonyl (C=O) groups is 1. The van der Waals surface area contributed by atoms with E-state index in [2.05, 4.69) is 4.98 Å². The van der Waals surface area contributed by atoms with Gasteiger partial charge >= 0.3 is 5.97 Å². The van der Waals surface area contributed by atoms with Crippen molar-refractivity contribution < 1.29 is 9.53 Å². The Balaban J connectivity index is 1.95. The highest BCUT2D eigenvalue weighted by Gasteiger charge is 2.20. The zero-order valence-corrected chi connectivity index (χ0v) is 17.5. The van der Waals surface area contributed by atoms with Gasteiger partial charge in [0.2, 0.25) is 0 Å². The lowest BCUT2D eigenvalue weighted by molar-refractivity contribution is -0.151. The smallest absolute Gasteiger partial charge is 0.316 e. The fraction of sp³-hybridized carbons (Fsp3) is 0.389. The maximum absolute atomic E-state index is 13.0. The van der Waals surface area contributed by atoms with Crippen molar-refractivity contribution in [3.63, 3.8) is 0 Å². The Bertz CT molecular complexity index is 982. The first kappa shape index (κ1) is 19.1. The summed E-state index contributed by atoms with van der Waals surface area (Å²) in [6, 6.07) is 3.98. The molecule has 138 valence electrons. The Morgan fingerprint density at radius 1 is 1.35 bits per heavy atom. The lowest BCUT2D eigenvalue weighted by Gasteiger charge is -2.19. The minimum atomic E-state index is -0.525. The van der Waals surface area contributed by atoms with Gasteiger partial charge in [0.15, 0.2) is 5.16 Å². The van der Waals surface area contributed by atoms with Gasteiger partial charge in [0, 0.05) is 22.4 Å². The van der Waals surface area contributed by atoms with Crippen molar-refractivity contribution in [3.05, 3.63) is 33.2 Å². The van der Waals surface area contributed by atoms with Gasteiger partial charge in [-0.05, 0) is 39.1 Å². The summed E-state index contributed by atoms with van der Waals surface area (Å²) in [5.41, 5.74) is 0.347. The second-order valence-electron chi connectivity index (χ2n) is 6.63. The summed E-state index contributed by atoms with van der Waals surface area (Å²) in [7, 11) is 0. The molecular weight excluding hydrogens is 388 g/mol. The number of carbonyl (C=O) groups excluding carboxylic acids is 1.